The van der Waals surface area contributed by atoms with Crippen molar-refractivity contribution in [2.24, 2.45) is 5.41 Å². The lowest BCUT2D eigenvalue weighted by Crippen LogP contribution is -2.50. The number of nitrogens with zero attached hydrogens (tertiary/aromatic N) is 3. The van der Waals surface area contributed by atoms with Crippen LogP contribution in [0.3, 0.4) is 0 Å². The van der Waals surface area contributed by atoms with E-state index < -0.39 is 0 Å². The predicted octanol–water partition coefficient (Wildman–Crippen LogP) is 3.09. The monoisotopic (exact) mass is 273 g/mol. The maximum atomic E-state index is 4.55. The van der Waals surface area contributed by atoms with Gasteiger partial charge in [-0.3, -0.25) is 4.90 Å². The average molecular weight is 273 g/mol. The van der Waals surface area contributed by atoms with E-state index in [2.05, 4.69) is 41.6 Å². The van der Waals surface area contributed by atoms with Crippen LogP contribution in [-0.2, 0) is 0 Å². The smallest absolute Gasteiger partial charge is 0.131 e. The Labute approximate surface area is 123 Å². The van der Waals surface area contributed by atoms with Gasteiger partial charge in [0.1, 0.15) is 5.82 Å². The topological polar surface area (TPSA) is 19.4 Å². The second kappa shape index (κ2) is 5.36. The minimum absolute atomic E-state index is 0.555. The first-order valence-electron chi connectivity index (χ1n) is 7.96. The third kappa shape index (κ3) is 2.83. The quantitative estimate of drug-likeness (QED) is 0.825. The first-order chi connectivity index (χ1) is 9.55. The lowest BCUT2D eigenvalue weighted by atomic mass is 9.91. The van der Waals surface area contributed by atoms with E-state index in [1.54, 1.807) is 0 Å². The van der Waals surface area contributed by atoms with Gasteiger partial charge in [-0.15, -0.1) is 0 Å². The van der Waals surface area contributed by atoms with Crippen LogP contribution in [0.4, 0.5) is 5.82 Å². The summed E-state index contributed by atoms with van der Waals surface area (Å²) in [5, 5.41) is 0. The highest BCUT2D eigenvalue weighted by atomic mass is 15.3. The minimum Gasteiger partial charge on any atom is -0.354 e. The summed E-state index contributed by atoms with van der Waals surface area (Å²) < 4.78 is 0. The largest absolute Gasteiger partial charge is 0.354 e. The zero-order chi connectivity index (χ0) is 14.2. The SMILES string of the molecule is Cc1cccnc1N1CCN(C2CCC(C)(C)C2)CC1. The highest BCUT2D eigenvalue weighted by Crippen LogP contribution is 2.39. The fourth-order valence-electron chi connectivity index (χ4n) is 3.82. The molecule has 3 rings (SSSR count). The van der Waals surface area contributed by atoms with Crippen LogP contribution in [0.5, 0.6) is 0 Å². The molecule has 0 N–H and O–H groups in total. The van der Waals surface area contributed by atoms with E-state index in [1.165, 1.54) is 43.7 Å². The zero-order valence-corrected chi connectivity index (χ0v) is 13.1. The maximum Gasteiger partial charge on any atom is 0.131 e. The van der Waals surface area contributed by atoms with Crippen molar-refractivity contribution in [2.45, 2.75) is 46.1 Å². The van der Waals surface area contributed by atoms with Gasteiger partial charge in [0.05, 0.1) is 0 Å². The van der Waals surface area contributed by atoms with Crippen LogP contribution in [-0.4, -0.2) is 42.1 Å². The van der Waals surface area contributed by atoms with Crippen molar-refractivity contribution in [3.63, 3.8) is 0 Å². The van der Waals surface area contributed by atoms with Crippen molar-refractivity contribution in [3.8, 4) is 0 Å². The van der Waals surface area contributed by atoms with Crippen molar-refractivity contribution in [3.05, 3.63) is 23.9 Å². The van der Waals surface area contributed by atoms with Crippen molar-refractivity contribution in [2.75, 3.05) is 31.1 Å². The fourth-order valence-corrected chi connectivity index (χ4v) is 3.82. The molecule has 1 saturated heterocycles. The van der Waals surface area contributed by atoms with Gasteiger partial charge in [0.15, 0.2) is 0 Å². The predicted molar refractivity (Wildman–Crippen MR) is 84.2 cm³/mol. The molecule has 2 aliphatic rings. The molecule has 20 heavy (non-hydrogen) atoms. The summed E-state index contributed by atoms with van der Waals surface area (Å²) in [5.41, 5.74) is 1.85. The Hall–Kier alpha value is -1.09. The van der Waals surface area contributed by atoms with Gasteiger partial charge in [0, 0.05) is 38.4 Å². The zero-order valence-electron chi connectivity index (χ0n) is 13.1. The molecular formula is C17H27N3. The molecule has 2 heterocycles. The van der Waals surface area contributed by atoms with Crippen LogP contribution < -0.4 is 4.90 Å². The van der Waals surface area contributed by atoms with Crippen LogP contribution in [0, 0.1) is 12.3 Å². The molecule has 1 aliphatic carbocycles. The van der Waals surface area contributed by atoms with Gasteiger partial charge >= 0.3 is 0 Å². The van der Waals surface area contributed by atoms with Crippen molar-refractivity contribution in [1.29, 1.82) is 0 Å². The number of aryl methyl sites for hydroxylation is 1. The number of rotatable bonds is 2. The molecule has 110 valence electrons. The van der Waals surface area contributed by atoms with Crippen LogP contribution in [0.2, 0.25) is 0 Å². The van der Waals surface area contributed by atoms with E-state index in [1.807, 2.05) is 12.3 Å². The Morgan fingerprint density at radius 2 is 1.95 bits per heavy atom. The van der Waals surface area contributed by atoms with Crippen molar-refractivity contribution >= 4 is 5.82 Å². The van der Waals surface area contributed by atoms with Gasteiger partial charge in [-0.1, -0.05) is 19.9 Å². The number of anilines is 1. The summed E-state index contributed by atoms with van der Waals surface area (Å²) >= 11 is 0. The van der Waals surface area contributed by atoms with E-state index in [0.29, 0.717) is 5.41 Å². The molecule has 1 aliphatic heterocycles. The Morgan fingerprint density at radius 3 is 2.55 bits per heavy atom. The molecule has 1 atom stereocenters. The van der Waals surface area contributed by atoms with E-state index in [9.17, 15) is 0 Å². The molecule has 3 heteroatoms. The molecule has 0 aromatic carbocycles. The molecule has 0 bridgehead atoms. The first kappa shape index (κ1) is 13.9. The molecular weight excluding hydrogens is 246 g/mol. The fraction of sp³-hybridized carbons (Fsp3) is 0.706. The lowest BCUT2D eigenvalue weighted by molar-refractivity contribution is 0.176. The Kier molecular flexibility index (Phi) is 3.72. The van der Waals surface area contributed by atoms with Crippen molar-refractivity contribution in [1.82, 2.24) is 9.88 Å². The molecule has 0 amide bonds. The molecule has 2 fully saturated rings. The third-order valence-electron chi connectivity index (χ3n) is 5.05. The van der Waals surface area contributed by atoms with E-state index in [4.69, 9.17) is 0 Å². The summed E-state index contributed by atoms with van der Waals surface area (Å²) in [7, 11) is 0. The van der Waals surface area contributed by atoms with Crippen LogP contribution in [0.25, 0.3) is 0 Å². The van der Waals surface area contributed by atoms with Gasteiger partial charge in [0.25, 0.3) is 0 Å². The van der Waals surface area contributed by atoms with E-state index >= 15 is 0 Å². The van der Waals surface area contributed by atoms with Crippen LogP contribution in [0.1, 0.15) is 38.7 Å². The average Bonchev–Trinajstić information content (AvgIpc) is 2.80. The summed E-state index contributed by atoms with van der Waals surface area (Å²) in [4.78, 5) is 9.72. The minimum atomic E-state index is 0.555. The van der Waals surface area contributed by atoms with Crippen LogP contribution in [0.15, 0.2) is 18.3 Å². The molecule has 1 aromatic rings. The molecule has 3 nitrogen and oxygen atoms in total. The van der Waals surface area contributed by atoms with Gasteiger partial charge in [-0.05, 0) is 43.2 Å². The lowest BCUT2D eigenvalue weighted by Gasteiger charge is -2.39. The molecule has 0 spiro atoms. The first-order valence-corrected chi connectivity index (χ1v) is 7.96. The van der Waals surface area contributed by atoms with Crippen LogP contribution >= 0.6 is 0 Å². The third-order valence-corrected chi connectivity index (χ3v) is 5.05. The van der Waals surface area contributed by atoms with E-state index in [0.717, 1.165) is 19.1 Å². The number of hydrogen-bond donors (Lipinski definition) is 0. The highest BCUT2D eigenvalue weighted by Gasteiger charge is 2.35. The number of aromatic nitrogens is 1. The van der Waals surface area contributed by atoms with Gasteiger partial charge in [-0.25, -0.2) is 4.98 Å². The normalized spacial score (nSPS) is 26.9. The van der Waals surface area contributed by atoms with Crippen molar-refractivity contribution < 1.29 is 0 Å². The Balaban J connectivity index is 1.59. The highest BCUT2D eigenvalue weighted by molar-refractivity contribution is 5.46. The molecule has 1 saturated carbocycles. The maximum absolute atomic E-state index is 4.55. The van der Waals surface area contributed by atoms with Gasteiger partial charge < -0.3 is 4.90 Å². The summed E-state index contributed by atoms with van der Waals surface area (Å²) in [5.74, 6) is 1.18. The van der Waals surface area contributed by atoms with Gasteiger partial charge in [0.2, 0.25) is 0 Å². The summed E-state index contributed by atoms with van der Waals surface area (Å²) in [6, 6.07) is 5.00. The number of pyridine rings is 1. The second-order valence-corrected chi connectivity index (χ2v) is 7.23. The molecule has 1 aromatic heterocycles. The number of hydrogen-bond acceptors (Lipinski definition) is 3. The second-order valence-electron chi connectivity index (χ2n) is 7.23. The Bertz CT molecular complexity index is 461. The summed E-state index contributed by atoms with van der Waals surface area (Å²) in [6.45, 7) is 11.6. The summed E-state index contributed by atoms with van der Waals surface area (Å²) in [6.07, 6.45) is 6.05. The van der Waals surface area contributed by atoms with E-state index in [-0.39, 0.29) is 0 Å². The Morgan fingerprint density at radius 1 is 1.20 bits per heavy atom. The molecule has 1 unspecified atom stereocenters. The standard InChI is InChI=1S/C17H27N3/c1-14-5-4-8-18-16(14)20-11-9-19(10-12-20)15-6-7-17(2,3)13-15/h4-5,8,15H,6-7,9-13H2,1-3H3. The number of piperazine rings is 1. The molecule has 0 radical (unpaired) electrons. The van der Waals surface area contributed by atoms with Gasteiger partial charge in [-0.2, -0.15) is 0 Å².